The highest BCUT2D eigenvalue weighted by atomic mass is 16.3. The molecule has 0 aromatic heterocycles. The Balaban J connectivity index is 1.70. The van der Waals surface area contributed by atoms with Crippen molar-refractivity contribution in [2.45, 2.75) is 76.9 Å². The van der Waals surface area contributed by atoms with Gasteiger partial charge in [0.2, 0.25) is 17.7 Å². The number of allylic oxidation sites excluding steroid dienone is 1. The first-order valence-corrected chi connectivity index (χ1v) is 13.2. The lowest BCUT2D eigenvalue weighted by atomic mass is 9.74. The third-order valence-corrected chi connectivity index (χ3v) is 7.70. The number of nitrogens with one attached hydrogen (secondary N) is 2. The first kappa shape index (κ1) is 27.9. The van der Waals surface area contributed by atoms with E-state index in [9.17, 15) is 19.5 Å². The van der Waals surface area contributed by atoms with E-state index < -0.39 is 36.5 Å². The summed E-state index contributed by atoms with van der Waals surface area (Å²) in [6.45, 7) is 8.60. The second-order valence-corrected chi connectivity index (χ2v) is 10.8. The molecule has 5 N–H and O–H groups in total. The van der Waals surface area contributed by atoms with Crippen LogP contribution in [0.25, 0.3) is 6.08 Å². The Morgan fingerprint density at radius 2 is 1.75 bits per heavy atom. The quantitative estimate of drug-likeness (QED) is 0.393. The number of fused-ring (bicyclic) bond motifs is 2. The van der Waals surface area contributed by atoms with Crippen molar-refractivity contribution >= 4 is 23.8 Å². The van der Waals surface area contributed by atoms with Crippen molar-refractivity contribution in [2.75, 3.05) is 19.7 Å². The number of amides is 3. The molecule has 4 atom stereocenters. The minimum atomic E-state index is -1.10. The van der Waals surface area contributed by atoms with Gasteiger partial charge in [-0.3, -0.25) is 14.4 Å². The smallest absolute Gasteiger partial charge is 0.245 e. The zero-order chi connectivity index (χ0) is 26.5. The molecule has 1 aromatic carbocycles. The summed E-state index contributed by atoms with van der Waals surface area (Å²) < 4.78 is 0. The molecule has 3 rings (SSSR count). The van der Waals surface area contributed by atoms with Crippen LogP contribution < -0.4 is 16.4 Å². The second-order valence-electron chi connectivity index (χ2n) is 10.8. The first-order chi connectivity index (χ1) is 17.1. The van der Waals surface area contributed by atoms with Gasteiger partial charge >= 0.3 is 0 Å². The normalized spacial score (nSPS) is 19.5. The maximum absolute atomic E-state index is 13.7. The molecule has 0 saturated carbocycles. The average Bonchev–Trinajstić information content (AvgIpc) is 3.23. The molecule has 8 nitrogen and oxygen atoms in total. The molecule has 1 spiro atoms. The van der Waals surface area contributed by atoms with Crippen LogP contribution in [-0.2, 0) is 19.8 Å². The van der Waals surface area contributed by atoms with Crippen LogP contribution in [0.3, 0.4) is 0 Å². The van der Waals surface area contributed by atoms with Gasteiger partial charge in [-0.15, -0.1) is 0 Å². The molecule has 1 aromatic rings. The minimum absolute atomic E-state index is 0.0272. The van der Waals surface area contributed by atoms with Crippen LogP contribution in [0.15, 0.2) is 30.3 Å². The van der Waals surface area contributed by atoms with Crippen molar-refractivity contribution in [3.63, 3.8) is 0 Å². The minimum Gasteiger partial charge on any atom is -0.394 e. The largest absolute Gasteiger partial charge is 0.394 e. The number of likely N-dealkylation sites (tertiary alicyclic amines) is 1. The molecule has 1 unspecified atom stereocenters. The number of piperidine rings is 1. The fourth-order valence-corrected chi connectivity index (χ4v) is 5.20. The molecule has 0 radical (unpaired) electrons. The molecule has 36 heavy (non-hydrogen) atoms. The molecule has 1 aliphatic carbocycles. The van der Waals surface area contributed by atoms with Crippen molar-refractivity contribution in [3.8, 4) is 0 Å². The predicted octanol–water partition coefficient (Wildman–Crippen LogP) is 1.96. The van der Waals surface area contributed by atoms with Gasteiger partial charge in [0.25, 0.3) is 0 Å². The Hall–Kier alpha value is -2.71. The Kier molecular flexibility index (Phi) is 9.30. The third-order valence-electron chi connectivity index (χ3n) is 7.70. The van der Waals surface area contributed by atoms with E-state index in [4.69, 9.17) is 5.73 Å². The Morgan fingerprint density at radius 1 is 1.08 bits per heavy atom. The van der Waals surface area contributed by atoms with Crippen molar-refractivity contribution in [1.29, 1.82) is 0 Å². The van der Waals surface area contributed by atoms with Gasteiger partial charge in [0.1, 0.15) is 18.1 Å². The Bertz CT molecular complexity index is 968. The molecule has 2 aliphatic rings. The molecular weight excluding hydrogens is 456 g/mol. The summed E-state index contributed by atoms with van der Waals surface area (Å²) in [5.41, 5.74) is 8.19. The van der Waals surface area contributed by atoms with Crippen LogP contribution in [0.4, 0.5) is 0 Å². The van der Waals surface area contributed by atoms with Gasteiger partial charge in [0.15, 0.2) is 0 Å². The summed E-state index contributed by atoms with van der Waals surface area (Å²) in [5.74, 6) is -1.01. The van der Waals surface area contributed by atoms with E-state index in [-0.39, 0.29) is 23.2 Å². The van der Waals surface area contributed by atoms with Crippen molar-refractivity contribution in [2.24, 2.45) is 17.6 Å². The highest BCUT2D eigenvalue weighted by molar-refractivity contribution is 5.93. The first-order valence-electron chi connectivity index (χ1n) is 13.2. The number of aliphatic hydroxyl groups is 1. The lowest BCUT2D eigenvalue weighted by Gasteiger charge is -2.41. The molecule has 1 aliphatic heterocycles. The van der Waals surface area contributed by atoms with Crippen LogP contribution >= 0.6 is 0 Å². The van der Waals surface area contributed by atoms with Crippen LogP contribution in [0, 0.1) is 11.8 Å². The average molecular weight is 499 g/mol. The fourth-order valence-electron chi connectivity index (χ4n) is 5.20. The lowest BCUT2D eigenvalue weighted by molar-refractivity contribution is -0.140. The standard InChI is InChI=1S/C28H42N4O4/c1-5-19(4)24(31-26(35)23(16-18(2)3)30-25(34)22(29)17-33)27(36)32-14-12-28(13-15-32)11-10-20-8-6-7-9-21(20)28/h6-11,18-19,22-24,33H,5,12-17,29H2,1-4H3,(H,30,34)(H,31,35)/t19-,22-,23?,24-/m0/s1. The van der Waals surface area contributed by atoms with Gasteiger partial charge in [-0.25, -0.2) is 0 Å². The topological polar surface area (TPSA) is 125 Å². The number of carbonyl (C=O) groups excluding carboxylic acids is 3. The predicted molar refractivity (Wildman–Crippen MR) is 141 cm³/mol. The number of hydrogen-bond donors (Lipinski definition) is 4. The Labute approximate surface area is 214 Å². The maximum Gasteiger partial charge on any atom is 0.245 e. The zero-order valence-corrected chi connectivity index (χ0v) is 22.0. The van der Waals surface area contributed by atoms with E-state index in [1.807, 2.05) is 38.7 Å². The van der Waals surface area contributed by atoms with Crippen molar-refractivity contribution in [3.05, 3.63) is 41.5 Å². The van der Waals surface area contributed by atoms with Gasteiger partial charge < -0.3 is 26.4 Å². The van der Waals surface area contributed by atoms with E-state index in [0.29, 0.717) is 19.5 Å². The molecule has 198 valence electrons. The zero-order valence-electron chi connectivity index (χ0n) is 22.0. The number of nitrogens with zero attached hydrogens (tertiary/aromatic N) is 1. The SMILES string of the molecule is CC[C@H](C)[C@H](NC(=O)C(CC(C)C)NC(=O)[C@@H](N)CO)C(=O)N1CCC2(C=Cc3ccccc32)CC1. The molecule has 1 fully saturated rings. The van der Waals surface area contributed by atoms with Crippen LogP contribution in [-0.4, -0.2) is 65.5 Å². The highest BCUT2D eigenvalue weighted by Crippen LogP contribution is 2.43. The third kappa shape index (κ3) is 6.16. The summed E-state index contributed by atoms with van der Waals surface area (Å²) in [6, 6.07) is 5.81. The summed E-state index contributed by atoms with van der Waals surface area (Å²) in [5, 5.41) is 14.8. The van der Waals surface area contributed by atoms with Crippen molar-refractivity contribution in [1.82, 2.24) is 15.5 Å². The fraction of sp³-hybridized carbons (Fsp3) is 0.607. The van der Waals surface area contributed by atoms with E-state index >= 15 is 0 Å². The van der Waals surface area contributed by atoms with Gasteiger partial charge in [0.05, 0.1) is 6.61 Å². The van der Waals surface area contributed by atoms with Gasteiger partial charge in [0, 0.05) is 18.5 Å². The Morgan fingerprint density at radius 3 is 2.36 bits per heavy atom. The number of nitrogens with two attached hydrogens (primary N) is 1. The van der Waals surface area contributed by atoms with Gasteiger partial charge in [-0.1, -0.05) is 70.5 Å². The van der Waals surface area contributed by atoms with Gasteiger partial charge in [-0.05, 0) is 42.2 Å². The van der Waals surface area contributed by atoms with Crippen LogP contribution in [0.2, 0.25) is 0 Å². The van der Waals surface area contributed by atoms with Crippen LogP contribution in [0.5, 0.6) is 0 Å². The van der Waals surface area contributed by atoms with E-state index in [1.165, 1.54) is 11.1 Å². The highest BCUT2D eigenvalue weighted by Gasteiger charge is 2.41. The molecule has 1 saturated heterocycles. The maximum atomic E-state index is 13.7. The van der Waals surface area contributed by atoms with Crippen LogP contribution in [0.1, 0.15) is 64.5 Å². The monoisotopic (exact) mass is 498 g/mol. The van der Waals surface area contributed by atoms with Gasteiger partial charge in [-0.2, -0.15) is 0 Å². The van der Waals surface area contributed by atoms with Crippen molar-refractivity contribution < 1.29 is 19.5 Å². The second kappa shape index (κ2) is 12.0. The van der Waals surface area contributed by atoms with E-state index in [2.05, 4.69) is 41.0 Å². The molecule has 8 heteroatoms. The summed E-state index contributed by atoms with van der Waals surface area (Å²) in [7, 11) is 0. The van der Waals surface area contributed by atoms with E-state index in [0.717, 1.165) is 19.3 Å². The molecule has 1 heterocycles. The summed E-state index contributed by atoms with van der Waals surface area (Å²) in [4.78, 5) is 41.1. The number of aliphatic hydroxyl groups excluding tert-OH is 1. The molecule has 0 bridgehead atoms. The molecule has 3 amide bonds. The summed E-state index contributed by atoms with van der Waals surface area (Å²) >= 11 is 0. The summed E-state index contributed by atoms with van der Waals surface area (Å²) in [6.07, 6.45) is 7.28. The number of hydrogen-bond acceptors (Lipinski definition) is 5. The number of carbonyl (C=O) groups is 3. The molecular formula is C28H42N4O4. The lowest BCUT2D eigenvalue weighted by Crippen LogP contribution is -2.59. The van der Waals surface area contributed by atoms with E-state index in [1.54, 1.807) is 0 Å². The number of benzene rings is 1. The number of rotatable bonds is 10.